The Morgan fingerprint density at radius 2 is 2.21 bits per heavy atom. The van der Waals surface area contributed by atoms with Crippen molar-refractivity contribution in [2.24, 2.45) is 24.1 Å². The molecule has 0 radical (unpaired) electrons. The first-order valence-electron chi connectivity index (χ1n) is 7.32. The monoisotopic (exact) mass is 327 g/mol. The Bertz CT molecular complexity index is 450. The van der Waals surface area contributed by atoms with E-state index in [1.165, 1.54) is 25.0 Å². The first kappa shape index (κ1) is 15.0. The third-order valence-electron chi connectivity index (χ3n) is 4.79. The molecule has 3 nitrogen and oxygen atoms in total. The van der Waals surface area contributed by atoms with Gasteiger partial charge in [-0.3, -0.25) is 4.68 Å². The average Bonchev–Trinajstić information content (AvgIpc) is 2.82. The van der Waals surface area contributed by atoms with Crippen LogP contribution in [0, 0.1) is 11.3 Å². The number of aryl methyl sites for hydroxylation is 2. The molecule has 4 heteroatoms. The molecule has 0 spiro atoms. The first-order chi connectivity index (χ1) is 8.86. The second kappa shape index (κ2) is 5.57. The number of hydrogen-bond acceptors (Lipinski definition) is 2. The normalized spacial score (nSPS) is 23.8. The predicted octanol–water partition coefficient (Wildman–Crippen LogP) is 3.44. The molecule has 0 saturated heterocycles. The molecule has 1 aromatic heterocycles. The van der Waals surface area contributed by atoms with Gasteiger partial charge in [-0.15, -0.1) is 0 Å². The van der Waals surface area contributed by atoms with Crippen LogP contribution in [0.4, 0.5) is 0 Å². The van der Waals surface area contributed by atoms with Gasteiger partial charge < -0.3 is 5.73 Å². The SMILES string of the molecule is CCc1nn(C)c(CC(N)C2CCCC2(C)C)c1Br. The lowest BCUT2D eigenvalue weighted by Gasteiger charge is -2.32. The molecule has 2 unspecified atom stereocenters. The van der Waals surface area contributed by atoms with Crippen molar-refractivity contribution in [3.8, 4) is 0 Å². The fraction of sp³-hybridized carbons (Fsp3) is 0.800. The van der Waals surface area contributed by atoms with Gasteiger partial charge in [0, 0.05) is 19.5 Å². The molecule has 108 valence electrons. The molecule has 2 atom stereocenters. The van der Waals surface area contributed by atoms with E-state index < -0.39 is 0 Å². The van der Waals surface area contributed by atoms with Crippen LogP contribution in [-0.4, -0.2) is 15.8 Å². The van der Waals surface area contributed by atoms with E-state index >= 15 is 0 Å². The van der Waals surface area contributed by atoms with E-state index in [1.807, 2.05) is 11.7 Å². The van der Waals surface area contributed by atoms with Crippen molar-refractivity contribution in [2.45, 2.75) is 58.9 Å². The van der Waals surface area contributed by atoms with Crippen LogP contribution in [-0.2, 0) is 19.9 Å². The molecule has 1 saturated carbocycles. The first-order valence-corrected chi connectivity index (χ1v) is 8.12. The molecule has 1 aliphatic carbocycles. The van der Waals surface area contributed by atoms with Gasteiger partial charge in [-0.25, -0.2) is 0 Å². The number of nitrogens with two attached hydrogens (primary N) is 1. The average molecular weight is 328 g/mol. The topological polar surface area (TPSA) is 43.8 Å². The summed E-state index contributed by atoms with van der Waals surface area (Å²) < 4.78 is 3.15. The van der Waals surface area contributed by atoms with Crippen LogP contribution in [0.15, 0.2) is 4.47 Å². The highest BCUT2D eigenvalue weighted by molar-refractivity contribution is 9.10. The number of halogens is 1. The largest absolute Gasteiger partial charge is 0.327 e. The van der Waals surface area contributed by atoms with Crippen molar-refractivity contribution < 1.29 is 0 Å². The minimum absolute atomic E-state index is 0.230. The zero-order valence-electron chi connectivity index (χ0n) is 12.5. The van der Waals surface area contributed by atoms with Crippen LogP contribution < -0.4 is 5.73 Å². The van der Waals surface area contributed by atoms with E-state index in [9.17, 15) is 0 Å². The van der Waals surface area contributed by atoms with E-state index in [-0.39, 0.29) is 6.04 Å². The summed E-state index contributed by atoms with van der Waals surface area (Å²) in [7, 11) is 2.02. The smallest absolute Gasteiger partial charge is 0.0766 e. The summed E-state index contributed by atoms with van der Waals surface area (Å²) in [6.07, 6.45) is 5.76. The van der Waals surface area contributed by atoms with Gasteiger partial charge in [-0.2, -0.15) is 5.10 Å². The van der Waals surface area contributed by atoms with Gasteiger partial charge >= 0.3 is 0 Å². The van der Waals surface area contributed by atoms with E-state index in [0.29, 0.717) is 11.3 Å². The second-order valence-corrected chi connectivity index (χ2v) is 7.33. The van der Waals surface area contributed by atoms with Crippen molar-refractivity contribution in [3.63, 3.8) is 0 Å². The summed E-state index contributed by atoms with van der Waals surface area (Å²) in [6.45, 7) is 6.86. The zero-order valence-corrected chi connectivity index (χ0v) is 14.1. The van der Waals surface area contributed by atoms with Crippen molar-refractivity contribution in [3.05, 3.63) is 15.9 Å². The summed E-state index contributed by atoms with van der Waals surface area (Å²) in [5.41, 5.74) is 9.28. The maximum atomic E-state index is 6.51. The maximum Gasteiger partial charge on any atom is 0.0766 e. The van der Waals surface area contributed by atoms with Gasteiger partial charge in [-0.05, 0) is 46.5 Å². The van der Waals surface area contributed by atoms with Crippen LogP contribution in [0.5, 0.6) is 0 Å². The molecule has 2 rings (SSSR count). The minimum atomic E-state index is 0.230. The Hall–Kier alpha value is -0.350. The molecular weight excluding hydrogens is 302 g/mol. The van der Waals surface area contributed by atoms with Gasteiger partial charge in [0.05, 0.1) is 15.9 Å². The zero-order chi connectivity index (χ0) is 14.2. The van der Waals surface area contributed by atoms with Gasteiger partial charge in [0.25, 0.3) is 0 Å². The van der Waals surface area contributed by atoms with Crippen LogP contribution >= 0.6 is 15.9 Å². The van der Waals surface area contributed by atoms with Crippen LogP contribution in [0.2, 0.25) is 0 Å². The highest BCUT2D eigenvalue weighted by atomic mass is 79.9. The van der Waals surface area contributed by atoms with Crippen LogP contribution in [0.1, 0.15) is 51.4 Å². The molecule has 1 aromatic rings. The quantitative estimate of drug-likeness (QED) is 0.920. The number of nitrogens with zero attached hydrogens (tertiary/aromatic N) is 2. The number of aromatic nitrogens is 2. The third-order valence-corrected chi connectivity index (χ3v) is 5.70. The van der Waals surface area contributed by atoms with Crippen molar-refractivity contribution >= 4 is 15.9 Å². The third kappa shape index (κ3) is 2.89. The van der Waals surface area contributed by atoms with E-state index in [4.69, 9.17) is 5.73 Å². The molecule has 0 aliphatic heterocycles. The molecular formula is C15H26BrN3. The van der Waals surface area contributed by atoms with Gasteiger partial charge in [0.1, 0.15) is 0 Å². The van der Waals surface area contributed by atoms with Crippen molar-refractivity contribution in [1.29, 1.82) is 0 Å². The molecule has 2 N–H and O–H groups in total. The van der Waals surface area contributed by atoms with Gasteiger partial charge in [0.2, 0.25) is 0 Å². The molecule has 0 amide bonds. The fourth-order valence-electron chi connectivity index (χ4n) is 3.55. The molecule has 1 heterocycles. The molecule has 19 heavy (non-hydrogen) atoms. The summed E-state index contributed by atoms with van der Waals surface area (Å²) in [4.78, 5) is 0. The van der Waals surface area contributed by atoms with Crippen LogP contribution in [0.3, 0.4) is 0 Å². The Morgan fingerprint density at radius 3 is 2.68 bits per heavy atom. The molecule has 1 fully saturated rings. The van der Waals surface area contributed by atoms with Crippen LogP contribution in [0.25, 0.3) is 0 Å². The highest BCUT2D eigenvalue weighted by Crippen LogP contribution is 2.44. The molecule has 1 aliphatic rings. The summed E-state index contributed by atoms with van der Waals surface area (Å²) in [6, 6.07) is 0.230. The van der Waals surface area contributed by atoms with E-state index in [1.54, 1.807) is 0 Å². The van der Waals surface area contributed by atoms with Crippen molar-refractivity contribution in [2.75, 3.05) is 0 Å². The Kier molecular flexibility index (Phi) is 4.41. The number of rotatable bonds is 4. The Morgan fingerprint density at radius 1 is 1.53 bits per heavy atom. The second-order valence-electron chi connectivity index (χ2n) is 6.54. The van der Waals surface area contributed by atoms with E-state index in [2.05, 4.69) is 41.8 Å². The van der Waals surface area contributed by atoms with Gasteiger partial charge in [0.15, 0.2) is 0 Å². The van der Waals surface area contributed by atoms with E-state index in [0.717, 1.165) is 23.0 Å². The predicted molar refractivity (Wildman–Crippen MR) is 83.1 cm³/mol. The summed E-state index contributed by atoms with van der Waals surface area (Å²) in [5, 5.41) is 4.56. The Labute approximate surface area is 125 Å². The van der Waals surface area contributed by atoms with Crippen molar-refractivity contribution in [1.82, 2.24) is 9.78 Å². The number of hydrogen-bond donors (Lipinski definition) is 1. The lowest BCUT2D eigenvalue weighted by molar-refractivity contribution is 0.218. The van der Waals surface area contributed by atoms with Gasteiger partial charge in [-0.1, -0.05) is 27.2 Å². The lowest BCUT2D eigenvalue weighted by atomic mass is 9.76. The fourth-order valence-corrected chi connectivity index (χ4v) is 4.33. The summed E-state index contributed by atoms with van der Waals surface area (Å²) in [5.74, 6) is 0.624. The highest BCUT2D eigenvalue weighted by Gasteiger charge is 2.38. The molecule has 0 bridgehead atoms. The molecule has 0 aromatic carbocycles. The Balaban J connectivity index is 2.15. The summed E-state index contributed by atoms with van der Waals surface area (Å²) >= 11 is 3.69. The maximum absolute atomic E-state index is 6.51. The lowest BCUT2D eigenvalue weighted by Crippen LogP contribution is -2.38. The minimum Gasteiger partial charge on any atom is -0.327 e. The standard InChI is InChI=1S/C15H26BrN3/c1-5-12-14(16)13(19(4)18-12)9-11(17)10-7-6-8-15(10,2)3/h10-11H,5-9,17H2,1-4H3.